The Hall–Kier alpha value is -2.83. The zero-order valence-corrected chi connectivity index (χ0v) is 15.5. The highest BCUT2D eigenvalue weighted by Gasteiger charge is 2.26. The number of ether oxygens (including phenoxy) is 1. The molecule has 1 heterocycles. The molecule has 7 heteroatoms. The topological polar surface area (TPSA) is 106 Å². The van der Waals surface area contributed by atoms with E-state index in [0.29, 0.717) is 16.9 Å². The van der Waals surface area contributed by atoms with E-state index in [9.17, 15) is 14.4 Å². The normalized spacial score (nSPS) is 13.5. The van der Waals surface area contributed by atoms with Crippen molar-refractivity contribution in [3.05, 3.63) is 39.7 Å². The zero-order valence-electron chi connectivity index (χ0n) is 15.5. The van der Waals surface area contributed by atoms with E-state index in [1.807, 2.05) is 6.92 Å². The predicted molar refractivity (Wildman–Crippen MR) is 96.5 cm³/mol. The van der Waals surface area contributed by atoms with Crippen LogP contribution in [0.4, 0.5) is 0 Å². The van der Waals surface area contributed by atoms with Crippen LogP contribution >= 0.6 is 0 Å². The van der Waals surface area contributed by atoms with Crippen molar-refractivity contribution in [2.75, 3.05) is 0 Å². The average Bonchev–Trinajstić information content (AvgIpc) is 2.56. The summed E-state index contributed by atoms with van der Waals surface area (Å²) in [5.74, 6) is -1.54. The first-order chi connectivity index (χ1) is 12.1. The molecule has 2 aromatic rings. The molecular formula is C19H23NO6. The number of carboxylic acids is 1. The average molecular weight is 361 g/mol. The van der Waals surface area contributed by atoms with E-state index in [1.165, 1.54) is 6.92 Å². The largest absolute Gasteiger partial charge is 0.481 e. The number of hydrogen-bond acceptors (Lipinski definition) is 5. The lowest BCUT2D eigenvalue weighted by molar-refractivity contribution is -0.144. The van der Waals surface area contributed by atoms with E-state index in [0.717, 1.165) is 10.9 Å². The molecule has 0 aliphatic rings. The minimum Gasteiger partial charge on any atom is -0.481 e. The number of benzene rings is 1. The van der Waals surface area contributed by atoms with Crippen molar-refractivity contribution in [3.8, 4) is 5.75 Å². The van der Waals surface area contributed by atoms with Gasteiger partial charge in [0, 0.05) is 17.0 Å². The number of carbonyl (C=O) groups is 2. The fourth-order valence-electron chi connectivity index (χ4n) is 2.54. The van der Waals surface area contributed by atoms with Crippen LogP contribution < -0.4 is 15.7 Å². The Balaban J connectivity index is 2.19. The zero-order chi connectivity index (χ0) is 19.6. The second-order valence-electron chi connectivity index (χ2n) is 6.63. The first-order valence-electron chi connectivity index (χ1n) is 8.35. The SMILES string of the molecule is Cc1c(C)c2ccc(OC(C)C(=O)N[C@H](C(=O)O)C(C)C)cc2oc1=O. The van der Waals surface area contributed by atoms with Crippen LogP contribution in [0.5, 0.6) is 5.75 Å². The van der Waals surface area contributed by atoms with E-state index < -0.39 is 29.6 Å². The van der Waals surface area contributed by atoms with Gasteiger partial charge in [0.1, 0.15) is 17.4 Å². The van der Waals surface area contributed by atoms with Crippen LogP contribution in [0.2, 0.25) is 0 Å². The van der Waals surface area contributed by atoms with Crippen LogP contribution in [-0.4, -0.2) is 29.1 Å². The molecule has 2 N–H and O–H groups in total. The van der Waals surface area contributed by atoms with Gasteiger partial charge in [-0.2, -0.15) is 0 Å². The molecule has 26 heavy (non-hydrogen) atoms. The smallest absolute Gasteiger partial charge is 0.339 e. The third-order valence-corrected chi connectivity index (χ3v) is 4.34. The molecule has 0 radical (unpaired) electrons. The van der Waals surface area contributed by atoms with E-state index in [4.69, 9.17) is 14.3 Å². The quantitative estimate of drug-likeness (QED) is 0.766. The summed E-state index contributed by atoms with van der Waals surface area (Å²) >= 11 is 0. The Morgan fingerprint density at radius 3 is 2.38 bits per heavy atom. The van der Waals surface area contributed by atoms with Gasteiger partial charge in [-0.3, -0.25) is 4.79 Å². The van der Waals surface area contributed by atoms with E-state index in [-0.39, 0.29) is 5.92 Å². The molecule has 0 bridgehead atoms. The molecule has 0 aliphatic carbocycles. The van der Waals surface area contributed by atoms with Gasteiger partial charge < -0.3 is 19.6 Å². The molecular weight excluding hydrogens is 338 g/mol. The fourth-order valence-corrected chi connectivity index (χ4v) is 2.54. The Labute approximate surface area is 151 Å². The Bertz CT molecular complexity index is 899. The Morgan fingerprint density at radius 2 is 1.81 bits per heavy atom. The molecule has 0 aliphatic heterocycles. The lowest BCUT2D eigenvalue weighted by Crippen LogP contribution is -2.48. The van der Waals surface area contributed by atoms with E-state index in [1.54, 1.807) is 39.0 Å². The van der Waals surface area contributed by atoms with Crippen LogP contribution in [0.1, 0.15) is 31.9 Å². The summed E-state index contributed by atoms with van der Waals surface area (Å²) in [4.78, 5) is 35.2. The van der Waals surface area contributed by atoms with Crippen LogP contribution in [0.15, 0.2) is 27.4 Å². The molecule has 1 amide bonds. The predicted octanol–water partition coefficient (Wildman–Crippen LogP) is 2.40. The molecule has 1 aromatic carbocycles. The minimum absolute atomic E-state index is 0.259. The molecule has 2 rings (SSSR count). The van der Waals surface area contributed by atoms with Crippen LogP contribution in [0, 0.1) is 19.8 Å². The fraction of sp³-hybridized carbons (Fsp3) is 0.421. The van der Waals surface area contributed by atoms with Crippen LogP contribution in [0.3, 0.4) is 0 Å². The third-order valence-electron chi connectivity index (χ3n) is 4.34. The molecule has 1 unspecified atom stereocenters. The summed E-state index contributed by atoms with van der Waals surface area (Å²) in [6, 6.07) is 3.99. The molecule has 7 nitrogen and oxygen atoms in total. The van der Waals surface area contributed by atoms with Crippen LogP contribution in [-0.2, 0) is 9.59 Å². The van der Waals surface area contributed by atoms with Crippen molar-refractivity contribution in [3.63, 3.8) is 0 Å². The number of carboxylic acid groups (broad SMARTS) is 1. The number of fused-ring (bicyclic) bond motifs is 1. The molecule has 0 saturated heterocycles. The number of amides is 1. The number of aliphatic carboxylic acids is 1. The second-order valence-corrected chi connectivity index (χ2v) is 6.63. The number of hydrogen-bond donors (Lipinski definition) is 2. The van der Waals surface area contributed by atoms with Crippen molar-refractivity contribution in [1.82, 2.24) is 5.32 Å². The minimum atomic E-state index is -1.10. The number of nitrogens with one attached hydrogen (secondary N) is 1. The van der Waals surface area contributed by atoms with Gasteiger partial charge in [0.25, 0.3) is 5.91 Å². The lowest BCUT2D eigenvalue weighted by Gasteiger charge is -2.21. The number of carbonyl (C=O) groups excluding carboxylic acids is 1. The second kappa shape index (κ2) is 7.59. The van der Waals surface area contributed by atoms with Gasteiger partial charge in [-0.25, -0.2) is 9.59 Å². The summed E-state index contributed by atoms with van der Waals surface area (Å²) in [5, 5.41) is 12.4. The molecule has 0 saturated carbocycles. The molecule has 140 valence electrons. The Morgan fingerprint density at radius 1 is 1.15 bits per heavy atom. The van der Waals surface area contributed by atoms with Crippen molar-refractivity contribution in [1.29, 1.82) is 0 Å². The van der Waals surface area contributed by atoms with Crippen molar-refractivity contribution in [2.45, 2.75) is 46.8 Å². The van der Waals surface area contributed by atoms with Gasteiger partial charge in [0.15, 0.2) is 6.10 Å². The van der Waals surface area contributed by atoms with E-state index >= 15 is 0 Å². The van der Waals surface area contributed by atoms with Gasteiger partial charge >= 0.3 is 11.6 Å². The highest BCUT2D eigenvalue weighted by molar-refractivity contribution is 5.87. The molecule has 0 spiro atoms. The molecule has 0 fully saturated rings. The van der Waals surface area contributed by atoms with Gasteiger partial charge in [-0.1, -0.05) is 13.8 Å². The van der Waals surface area contributed by atoms with Gasteiger partial charge in [-0.15, -0.1) is 0 Å². The summed E-state index contributed by atoms with van der Waals surface area (Å²) in [7, 11) is 0. The van der Waals surface area contributed by atoms with Gasteiger partial charge in [0.2, 0.25) is 0 Å². The summed E-state index contributed by atoms with van der Waals surface area (Å²) in [5.41, 5.74) is 1.33. The summed E-state index contributed by atoms with van der Waals surface area (Å²) in [6.45, 7) is 8.48. The first-order valence-corrected chi connectivity index (χ1v) is 8.35. The highest BCUT2D eigenvalue weighted by atomic mass is 16.5. The maximum atomic E-state index is 12.2. The number of aryl methyl sites for hydroxylation is 1. The van der Waals surface area contributed by atoms with Crippen molar-refractivity contribution in [2.24, 2.45) is 5.92 Å². The van der Waals surface area contributed by atoms with Gasteiger partial charge in [0.05, 0.1) is 0 Å². The lowest BCUT2D eigenvalue weighted by atomic mass is 10.0. The standard InChI is InChI=1S/C19H23NO6/c1-9(2)16(18(22)23)20-17(21)12(5)25-13-6-7-14-10(3)11(4)19(24)26-15(14)8-13/h6-9,12,16H,1-5H3,(H,20,21)(H,22,23)/t12?,16-/m0/s1. The third kappa shape index (κ3) is 4.04. The van der Waals surface area contributed by atoms with Crippen LogP contribution in [0.25, 0.3) is 11.0 Å². The van der Waals surface area contributed by atoms with Crippen molar-refractivity contribution < 1.29 is 23.8 Å². The Kier molecular flexibility index (Phi) is 5.69. The van der Waals surface area contributed by atoms with E-state index in [2.05, 4.69) is 5.32 Å². The summed E-state index contributed by atoms with van der Waals surface area (Å²) in [6.07, 6.45) is -0.911. The number of rotatable bonds is 6. The molecule has 1 aromatic heterocycles. The van der Waals surface area contributed by atoms with Crippen molar-refractivity contribution >= 4 is 22.8 Å². The highest BCUT2D eigenvalue weighted by Crippen LogP contribution is 2.24. The summed E-state index contributed by atoms with van der Waals surface area (Å²) < 4.78 is 10.9. The maximum Gasteiger partial charge on any atom is 0.339 e. The first kappa shape index (κ1) is 19.5. The van der Waals surface area contributed by atoms with Gasteiger partial charge in [-0.05, 0) is 44.4 Å². The monoisotopic (exact) mass is 361 g/mol. The maximum absolute atomic E-state index is 12.2. The molecule has 2 atom stereocenters.